The molecule has 0 aliphatic carbocycles. The molecule has 0 fully saturated rings. The number of nitrogens with one attached hydrogen (secondary N) is 2. The van der Waals surface area contributed by atoms with Gasteiger partial charge in [0.05, 0.1) is 0 Å². The van der Waals surface area contributed by atoms with E-state index in [1.807, 2.05) is 7.05 Å². The Morgan fingerprint density at radius 1 is 1.13 bits per heavy atom. The van der Waals surface area contributed by atoms with Crippen molar-refractivity contribution >= 4 is 8.80 Å². The highest BCUT2D eigenvalue weighted by Crippen LogP contribution is 2.14. The van der Waals surface area contributed by atoms with E-state index >= 15 is 0 Å². The standard InChI is InChI=1S/C9H24N2O3Si/c1-6-11-7-9(10-2)8-15(12-3,13-4)14-5/h9-11H,6-8H2,1-5H3. The van der Waals surface area contributed by atoms with Crippen molar-refractivity contribution in [3.8, 4) is 0 Å². The van der Waals surface area contributed by atoms with E-state index in [0.29, 0.717) is 6.04 Å². The average molecular weight is 236 g/mol. The fraction of sp³-hybridized carbons (Fsp3) is 1.00. The second kappa shape index (κ2) is 8.20. The van der Waals surface area contributed by atoms with Crippen LogP contribution in [-0.2, 0) is 13.3 Å². The third kappa shape index (κ3) is 5.05. The lowest BCUT2D eigenvalue weighted by Gasteiger charge is -2.28. The fourth-order valence-electron chi connectivity index (χ4n) is 1.40. The van der Waals surface area contributed by atoms with Gasteiger partial charge in [-0.25, -0.2) is 0 Å². The normalized spacial score (nSPS) is 14.2. The summed E-state index contributed by atoms with van der Waals surface area (Å²) in [7, 11) is 4.39. The molecule has 5 nitrogen and oxygen atoms in total. The molecule has 0 aromatic heterocycles. The van der Waals surface area contributed by atoms with Gasteiger partial charge in [0.2, 0.25) is 0 Å². The van der Waals surface area contributed by atoms with Gasteiger partial charge in [0.25, 0.3) is 0 Å². The van der Waals surface area contributed by atoms with E-state index in [-0.39, 0.29) is 0 Å². The maximum absolute atomic E-state index is 5.38. The molecule has 0 aromatic carbocycles. The largest absolute Gasteiger partial charge is 0.501 e. The maximum Gasteiger partial charge on any atom is 0.501 e. The van der Waals surface area contributed by atoms with Gasteiger partial charge in [-0.2, -0.15) is 0 Å². The van der Waals surface area contributed by atoms with Crippen molar-refractivity contribution < 1.29 is 13.3 Å². The molecule has 0 saturated heterocycles. The summed E-state index contributed by atoms with van der Waals surface area (Å²) in [6, 6.07) is 1.07. The van der Waals surface area contributed by atoms with Gasteiger partial charge in [-0.05, 0) is 13.6 Å². The highest BCUT2D eigenvalue weighted by molar-refractivity contribution is 6.60. The predicted molar refractivity (Wildman–Crippen MR) is 63.0 cm³/mol. The van der Waals surface area contributed by atoms with Gasteiger partial charge in [-0.3, -0.25) is 0 Å². The van der Waals surface area contributed by atoms with Crippen LogP contribution in [0.1, 0.15) is 6.92 Å². The van der Waals surface area contributed by atoms with Crippen LogP contribution in [0.5, 0.6) is 0 Å². The van der Waals surface area contributed by atoms with E-state index in [0.717, 1.165) is 19.1 Å². The van der Waals surface area contributed by atoms with Crippen LogP contribution in [0.3, 0.4) is 0 Å². The lowest BCUT2D eigenvalue weighted by Crippen LogP contribution is -2.50. The van der Waals surface area contributed by atoms with Crippen molar-refractivity contribution in [2.45, 2.75) is 19.0 Å². The molecule has 0 saturated carbocycles. The van der Waals surface area contributed by atoms with Crippen LogP contribution in [-0.4, -0.2) is 56.3 Å². The first kappa shape index (κ1) is 15.0. The molecule has 0 aromatic rings. The van der Waals surface area contributed by atoms with Crippen LogP contribution in [0.25, 0.3) is 0 Å². The molecule has 0 heterocycles. The molecular weight excluding hydrogens is 212 g/mol. The molecule has 92 valence electrons. The fourth-order valence-corrected chi connectivity index (χ4v) is 3.35. The summed E-state index contributed by atoms with van der Waals surface area (Å²) in [5.74, 6) is 0. The van der Waals surface area contributed by atoms with Gasteiger partial charge in [0.1, 0.15) is 0 Å². The van der Waals surface area contributed by atoms with E-state index in [4.69, 9.17) is 13.3 Å². The maximum atomic E-state index is 5.38. The van der Waals surface area contributed by atoms with Crippen molar-refractivity contribution in [3.05, 3.63) is 0 Å². The van der Waals surface area contributed by atoms with Crippen LogP contribution in [0, 0.1) is 0 Å². The Morgan fingerprint density at radius 3 is 2.00 bits per heavy atom. The van der Waals surface area contributed by atoms with Gasteiger partial charge in [0, 0.05) is 40.0 Å². The Kier molecular flexibility index (Phi) is 8.21. The highest BCUT2D eigenvalue weighted by atomic mass is 28.4. The number of hydrogen-bond acceptors (Lipinski definition) is 5. The first-order chi connectivity index (χ1) is 7.17. The van der Waals surface area contributed by atoms with Crippen molar-refractivity contribution in [3.63, 3.8) is 0 Å². The molecule has 15 heavy (non-hydrogen) atoms. The van der Waals surface area contributed by atoms with Crippen LogP contribution in [0.15, 0.2) is 0 Å². The minimum absolute atomic E-state index is 0.302. The third-order valence-corrected chi connectivity index (χ3v) is 5.34. The topological polar surface area (TPSA) is 51.8 Å². The minimum Gasteiger partial charge on any atom is -0.377 e. The predicted octanol–water partition coefficient (Wildman–Crippen LogP) is 0.0620. The molecule has 1 atom stereocenters. The zero-order valence-electron chi connectivity index (χ0n) is 10.4. The quantitative estimate of drug-likeness (QED) is 0.555. The lowest BCUT2D eigenvalue weighted by molar-refractivity contribution is 0.120. The van der Waals surface area contributed by atoms with Gasteiger partial charge >= 0.3 is 8.80 Å². The molecule has 1 unspecified atom stereocenters. The van der Waals surface area contributed by atoms with Gasteiger partial charge in [-0.1, -0.05) is 6.92 Å². The molecule has 0 amide bonds. The third-order valence-electron chi connectivity index (χ3n) is 2.48. The molecule has 0 aliphatic heterocycles. The molecular formula is C9H24N2O3Si. The van der Waals surface area contributed by atoms with Crippen LogP contribution < -0.4 is 10.6 Å². The molecule has 2 N–H and O–H groups in total. The summed E-state index contributed by atoms with van der Waals surface area (Å²) in [5, 5.41) is 6.51. The Balaban J connectivity index is 4.21. The van der Waals surface area contributed by atoms with E-state index < -0.39 is 8.80 Å². The Bertz CT molecular complexity index is 148. The molecule has 0 rings (SSSR count). The van der Waals surface area contributed by atoms with Crippen molar-refractivity contribution in [1.82, 2.24) is 10.6 Å². The number of rotatable bonds is 9. The van der Waals surface area contributed by atoms with Gasteiger partial charge in [0.15, 0.2) is 0 Å². The van der Waals surface area contributed by atoms with Gasteiger partial charge in [-0.15, -0.1) is 0 Å². The van der Waals surface area contributed by atoms with Crippen LogP contribution >= 0.6 is 0 Å². The monoisotopic (exact) mass is 236 g/mol. The lowest BCUT2D eigenvalue weighted by atomic mass is 10.3. The molecule has 0 bridgehead atoms. The first-order valence-electron chi connectivity index (χ1n) is 5.21. The summed E-state index contributed by atoms with van der Waals surface area (Å²) < 4.78 is 16.1. The van der Waals surface area contributed by atoms with Crippen molar-refractivity contribution in [2.75, 3.05) is 41.5 Å². The molecule has 0 spiro atoms. The van der Waals surface area contributed by atoms with Crippen molar-refractivity contribution in [2.24, 2.45) is 0 Å². The summed E-state index contributed by atoms with van der Waals surface area (Å²) >= 11 is 0. The Hall–Kier alpha value is 0.0169. The van der Waals surface area contributed by atoms with Crippen LogP contribution in [0.4, 0.5) is 0 Å². The SMILES string of the molecule is CCNCC(C[Si](OC)(OC)OC)NC. The number of hydrogen-bond donors (Lipinski definition) is 2. The van der Waals surface area contributed by atoms with E-state index in [9.17, 15) is 0 Å². The van der Waals surface area contributed by atoms with E-state index in [1.54, 1.807) is 21.3 Å². The molecule has 0 aliphatic rings. The van der Waals surface area contributed by atoms with Crippen LogP contribution in [0.2, 0.25) is 6.04 Å². The average Bonchev–Trinajstić information content (AvgIpc) is 2.30. The summed E-state index contributed by atoms with van der Waals surface area (Å²) in [5.41, 5.74) is 0. The molecule has 0 radical (unpaired) electrons. The van der Waals surface area contributed by atoms with Gasteiger partial charge < -0.3 is 23.9 Å². The second-order valence-electron chi connectivity index (χ2n) is 3.29. The summed E-state index contributed by atoms with van der Waals surface area (Å²) in [4.78, 5) is 0. The highest BCUT2D eigenvalue weighted by Gasteiger charge is 2.40. The zero-order valence-corrected chi connectivity index (χ0v) is 11.4. The first-order valence-corrected chi connectivity index (χ1v) is 7.14. The van der Waals surface area contributed by atoms with Crippen molar-refractivity contribution in [1.29, 1.82) is 0 Å². The zero-order chi connectivity index (χ0) is 11.7. The Labute approximate surface area is 93.9 Å². The Morgan fingerprint density at radius 2 is 1.67 bits per heavy atom. The second-order valence-corrected chi connectivity index (χ2v) is 6.29. The summed E-state index contributed by atoms with van der Waals surface area (Å²) in [6.07, 6.45) is 0. The molecule has 6 heteroatoms. The van der Waals surface area contributed by atoms with E-state index in [2.05, 4.69) is 17.6 Å². The summed E-state index contributed by atoms with van der Waals surface area (Å²) in [6.45, 7) is 3.93. The van der Waals surface area contributed by atoms with E-state index in [1.165, 1.54) is 0 Å². The smallest absolute Gasteiger partial charge is 0.377 e. The number of likely N-dealkylation sites (N-methyl/N-ethyl adjacent to an activating group) is 2. The minimum atomic E-state index is -2.45.